The minimum atomic E-state index is -0.567. The van der Waals surface area contributed by atoms with E-state index in [1.165, 1.54) is 12.1 Å². The van der Waals surface area contributed by atoms with Gasteiger partial charge in [-0.25, -0.2) is 4.98 Å². The van der Waals surface area contributed by atoms with Crippen molar-refractivity contribution in [3.63, 3.8) is 0 Å². The zero-order valence-corrected chi connectivity index (χ0v) is 13.0. The Hall–Kier alpha value is -2.73. The van der Waals surface area contributed by atoms with E-state index in [0.717, 1.165) is 11.8 Å². The molecule has 0 bridgehead atoms. The van der Waals surface area contributed by atoms with Crippen LogP contribution in [0.2, 0.25) is 5.02 Å². The zero-order valence-electron chi connectivity index (χ0n) is 12.3. The first kappa shape index (κ1) is 14.8. The highest BCUT2D eigenvalue weighted by atomic mass is 35.5. The van der Waals surface area contributed by atoms with Crippen molar-refractivity contribution in [3.05, 3.63) is 69.1 Å². The highest BCUT2D eigenvalue weighted by molar-refractivity contribution is 6.33. The summed E-state index contributed by atoms with van der Waals surface area (Å²) >= 11 is 5.90. The molecule has 0 N–H and O–H groups in total. The summed E-state index contributed by atoms with van der Waals surface area (Å²) in [6.45, 7) is 0. The number of carbonyl (C=O) groups is 1. The maximum absolute atomic E-state index is 11.4. The highest BCUT2D eigenvalue weighted by Crippen LogP contribution is 2.59. The summed E-state index contributed by atoms with van der Waals surface area (Å²) in [7, 11) is 0. The second-order valence-corrected chi connectivity index (χ2v) is 6.16. The molecule has 1 fully saturated rings. The van der Waals surface area contributed by atoms with E-state index in [-0.39, 0.29) is 28.5 Å². The molecule has 24 heavy (non-hydrogen) atoms. The molecule has 0 spiro atoms. The lowest BCUT2D eigenvalue weighted by atomic mass is 10.1. The Balaban J connectivity index is 1.74. The number of rotatable bonds is 4. The lowest BCUT2D eigenvalue weighted by Crippen LogP contribution is -1.88. The maximum atomic E-state index is 11.4. The number of aldehydes is 1. The van der Waals surface area contributed by atoms with Crippen molar-refractivity contribution < 1.29 is 14.1 Å². The van der Waals surface area contributed by atoms with E-state index in [0.29, 0.717) is 17.0 Å². The molecule has 6 nitrogen and oxygen atoms in total. The van der Waals surface area contributed by atoms with Gasteiger partial charge in [-0.05, 0) is 11.6 Å². The molecule has 4 rings (SSSR count). The molecule has 3 atom stereocenters. The van der Waals surface area contributed by atoms with Gasteiger partial charge in [0.1, 0.15) is 16.8 Å². The van der Waals surface area contributed by atoms with Crippen LogP contribution in [0.4, 0.5) is 5.69 Å². The van der Waals surface area contributed by atoms with Crippen molar-refractivity contribution in [2.24, 2.45) is 5.92 Å². The molecule has 120 valence electrons. The van der Waals surface area contributed by atoms with Crippen molar-refractivity contribution in [2.45, 2.75) is 11.8 Å². The van der Waals surface area contributed by atoms with E-state index in [9.17, 15) is 14.9 Å². The number of nitrogens with zero attached hydrogens (tertiary/aromatic N) is 2. The Morgan fingerprint density at radius 1 is 1.21 bits per heavy atom. The molecule has 0 aliphatic heterocycles. The molecule has 0 unspecified atom stereocenters. The average Bonchev–Trinajstić information content (AvgIpc) is 3.18. The molecule has 0 amide bonds. The van der Waals surface area contributed by atoms with E-state index in [4.69, 9.17) is 16.0 Å². The first-order valence-electron chi connectivity index (χ1n) is 7.34. The quantitative estimate of drug-likeness (QED) is 0.405. The summed E-state index contributed by atoms with van der Waals surface area (Å²) in [5.41, 5.74) is 1.56. The molecule has 0 saturated heterocycles. The molecule has 0 radical (unpaired) electrons. The third kappa shape index (κ3) is 2.27. The van der Waals surface area contributed by atoms with Crippen LogP contribution in [0.5, 0.6) is 0 Å². The molecule has 1 aromatic heterocycles. The number of nitro groups is 1. The fraction of sp³-hybridized carbons (Fsp3) is 0.176. The van der Waals surface area contributed by atoms with Crippen molar-refractivity contribution in [1.82, 2.24) is 4.98 Å². The zero-order chi connectivity index (χ0) is 16.8. The van der Waals surface area contributed by atoms with Crippen LogP contribution in [0.1, 0.15) is 23.3 Å². The summed E-state index contributed by atoms with van der Waals surface area (Å²) in [4.78, 5) is 26.1. The average molecular weight is 343 g/mol. The van der Waals surface area contributed by atoms with Crippen LogP contribution in [-0.4, -0.2) is 16.2 Å². The summed E-state index contributed by atoms with van der Waals surface area (Å²) in [6.07, 6.45) is 0.909. The van der Waals surface area contributed by atoms with E-state index in [2.05, 4.69) is 4.98 Å². The van der Waals surface area contributed by atoms with Gasteiger partial charge in [0.15, 0.2) is 11.5 Å². The Morgan fingerprint density at radius 2 is 1.96 bits per heavy atom. The standard InChI is InChI=1S/C17H11ClN2O4/c18-11-6-12-14(7-13(11)20(22)23)24-17(19-12)16-10(8-21)15(16)9-4-2-1-3-5-9/h1-8,10,15-16H/t10-,15-,16+/m1/s1. The van der Waals surface area contributed by atoms with Crippen molar-refractivity contribution in [2.75, 3.05) is 0 Å². The van der Waals surface area contributed by atoms with Gasteiger partial charge in [0.2, 0.25) is 0 Å². The van der Waals surface area contributed by atoms with Crippen LogP contribution in [0, 0.1) is 16.0 Å². The Kier molecular flexibility index (Phi) is 3.35. The van der Waals surface area contributed by atoms with Crippen LogP contribution in [0.25, 0.3) is 11.1 Å². The molecule has 3 aromatic rings. The van der Waals surface area contributed by atoms with Gasteiger partial charge in [-0.1, -0.05) is 41.9 Å². The SMILES string of the molecule is O=C[C@@H]1[C@@H](c2ccccc2)[C@H]1c1nc2cc(Cl)c([N+](=O)[O-])cc2o1. The van der Waals surface area contributed by atoms with Gasteiger partial charge < -0.3 is 9.21 Å². The minimum absolute atomic E-state index is 0.00898. The molecule has 1 aliphatic carbocycles. The third-order valence-corrected chi connectivity index (χ3v) is 4.68. The number of hydrogen-bond acceptors (Lipinski definition) is 5. The smallest absolute Gasteiger partial charge is 0.291 e. The van der Waals surface area contributed by atoms with Gasteiger partial charge in [0, 0.05) is 11.8 Å². The third-order valence-electron chi connectivity index (χ3n) is 4.37. The Labute approximate surface area is 141 Å². The summed E-state index contributed by atoms with van der Waals surface area (Å²) < 4.78 is 5.69. The predicted octanol–water partition coefficient (Wildman–Crippen LogP) is 4.09. The van der Waals surface area contributed by atoms with Gasteiger partial charge >= 0.3 is 0 Å². The van der Waals surface area contributed by atoms with Crippen LogP contribution in [-0.2, 0) is 4.79 Å². The Bertz CT molecular complexity index is 954. The summed E-state index contributed by atoms with van der Waals surface area (Å²) in [6, 6.07) is 12.4. The normalized spacial score (nSPS) is 22.5. The number of carbonyl (C=O) groups excluding carboxylic acids is 1. The molecule has 7 heteroatoms. The fourth-order valence-corrected chi connectivity index (χ4v) is 3.39. The molecular formula is C17H11ClN2O4. The van der Waals surface area contributed by atoms with E-state index in [1.54, 1.807) is 0 Å². The van der Waals surface area contributed by atoms with Crippen LogP contribution in [0.15, 0.2) is 46.9 Å². The first-order valence-corrected chi connectivity index (χ1v) is 7.72. The molecule has 2 aromatic carbocycles. The van der Waals surface area contributed by atoms with Crippen molar-refractivity contribution in [1.29, 1.82) is 0 Å². The van der Waals surface area contributed by atoms with Crippen LogP contribution in [0.3, 0.4) is 0 Å². The predicted molar refractivity (Wildman–Crippen MR) is 87.2 cm³/mol. The van der Waals surface area contributed by atoms with Gasteiger partial charge in [-0.15, -0.1) is 0 Å². The molecule has 1 aliphatic rings. The lowest BCUT2D eigenvalue weighted by Gasteiger charge is -1.96. The first-order chi connectivity index (χ1) is 11.6. The Morgan fingerprint density at radius 3 is 2.62 bits per heavy atom. The molecule has 1 heterocycles. The van der Waals surface area contributed by atoms with E-state index >= 15 is 0 Å². The minimum Gasteiger partial charge on any atom is -0.440 e. The number of oxazole rings is 1. The summed E-state index contributed by atoms with van der Waals surface area (Å²) in [5, 5.41) is 11.0. The van der Waals surface area contributed by atoms with Gasteiger partial charge in [-0.3, -0.25) is 10.1 Å². The number of hydrogen-bond donors (Lipinski definition) is 0. The number of fused-ring (bicyclic) bond motifs is 1. The van der Waals surface area contributed by atoms with Crippen molar-refractivity contribution >= 4 is 34.7 Å². The van der Waals surface area contributed by atoms with Crippen LogP contribution < -0.4 is 0 Å². The highest BCUT2D eigenvalue weighted by Gasteiger charge is 2.54. The second-order valence-electron chi connectivity index (χ2n) is 5.76. The number of halogens is 1. The largest absolute Gasteiger partial charge is 0.440 e. The number of aromatic nitrogens is 1. The summed E-state index contributed by atoms with van der Waals surface area (Å²) in [5.74, 6) is 0.0655. The van der Waals surface area contributed by atoms with Crippen molar-refractivity contribution in [3.8, 4) is 0 Å². The second kappa shape index (κ2) is 5.42. The van der Waals surface area contributed by atoms with E-state index in [1.807, 2.05) is 30.3 Å². The molecular weight excluding hydrogens is 332 g/mol. The number of nitro benzene ring substituents is 1. The fourth-order valence-electron chi connectivity index (χ4n) is 3.16. The van der Waals surface area contributed by atoms with E-state index < -0.39 is 4.92 Å². The van der Waals surface area contributed by atoms with Crippen LogP contribution >= 0.6 is 11.6 Å². The lowest BCUT2D eigenvalue weighted by molar-refractivity contribution is -0.384. The van der Waals surface area contributed by atoms with Gasteiger partial charge in [0.25, 0.3) is 5.69 Å². The number of benzene rings is 2. The topological polar surface area (TPSA) is 86.2 Å². The molecule has 1 saturated carbocycles. The van der Waals surface area contributed by atoms with Gasteiger partial charge in [-0.2, -0.15) is 0 Å². The maximum Gasteiger partial charge on any atom is 0.291 e. The monoisotopic (exact) mass is 342 g/mol. The van der Waals surface area contributed by atoms with Gasteiger partial charge in [0.05, 0.1) is 16.9 Å².